The van der Waals surface area contributed by atoms with Crippen molar-refractivity contribution >= 4 is 67.0 Å². The monoisotopic (exact) mass is 482 g/mol. The van der Waals surface area contributed by atoms with Gasteiger partial charge < -0.3 is 40.4 Å². The number of hydrogen-bond donors (Lipinski definition) is 8. The zero-order valence-corrected chi connectivity index (χ0v) is 16.4. The second-order valence-corrected chi connectivity index (χ2v) is 9.18. The van der Waals surface area contributed by atoms with Gasteiger partial charge in [0.2, 0.25) is 0 Å². The van der Waals surface area contributed by atoms with Crippen molar-refractivity contribution in [1.82, 2.24) is 0 Å². The van der Waals surface area contributed by atoms with E-state index in [0.717, 1.165) is 0 Å². The number of hydrogen-bond acceptors (Lipinski definition) is 11. The standard InChI is InChI=1S/C12H28O13P2.K.H/c13-5-11(6-14,7-15)1-3-23-27(22,25-26(19,20)21)24-4-2-12(8-16,9-17)10-18;;/h13-18H,1-10H2,(H2,19,20,21);;. The molecule has 166 valence electrons. The third kappa shape index (κ3) is 11.3. The molecular weight excluding hydrogens is 453 g/mol. The van der Waals surface area contributed by atoms with Gasteiger partial charge in [-0.3, -0.25) is 9.05 Å². The molecule has 0 aliphatic heterocycles. The minimum absolute atomic E-state index is 0. The van der Waals surface area contributed by atoms with Gasteiger partial charge in [0.05, 0.1) is 52.9 Å². The Morgan fingerprint density at radius 1 is 0.643 bits per heavy atom. The summed E-state index contributed by atoms with van der Waals surface area (Å²) in [5.74, 6) is 0. The van der Waals surface area contributed by atoms with Gasteiger partial charge in [-0.1, -0.05) is 0 Å². The third-order valence-corrected chi connectivity index (χ3v) is 6.63. The van der Waals surface area contributed by atoms with E-state index in [-0.39, 0.29) is 64.2 Å². The number of phosphoric ester groups is 1. The van der Waals surface area contributed by atoms with E-state index in [1.807, 2.05) is 0 Å². The van der Waals surface area contributed by atoms with Crippen LogP contribution in [0.3, 0.4) is 0 Å². The molecule has 0 spiro atoms. The van der Waals surface area contributed by atoms with Crippen LogP contribution in [-0.4, -0.2) is 145 Å². The average molecular weight is 482 g/mol. The predicted molar refractivity (Wildman–Crippen MR) is 96.4 cm³/mol. The van der Waals surface area contributed by atoms with Crippen LogP contribution in [0.1, 0.15) is 12.8 Å². The van der Waals surface area contributed by atoms with Gasteiger partial charge in [-0.2, -0.15) is 4.31 Å². The molecule has 0 fully saturated rings. The summed E-state index contributed by atoms with van der Waals surface area (Å²) < 4.78 is 37.0. The Kier molecular flexibility index (Phi) is 16.7. The molecule has 8 N–H and O–H groups in total. The Morgan fingerprint density at radius 2 is 0.929 bits per heavy atom. The molecule has 0 aliphatic carbocycles. The molecule has 0 bridgehead atoms. The zero-order valence-electron chi connectivity index (χ0n) is 14.6. The molecule has 16 heteroatoms. The van der Waals surface area contributed by atoms with Crippen LogP contribution in [-0.2, 0) is 22.5 Å². The van der Waals surface area contributed by atoms with E-state index in [1.165, 1.54) is 0 Å². The van der Waals surface area contributed by atoms with Crippen molar-refractivity contribution in [2.24, 2.45) is 10.8 Å². The summed E-state index contributed by atoms with van der Waals surface area (Å²) in [5.41, 5.74) is -2.76. The Labute approximate surface area is 204 Å². The van der Waals surface area contributed by atoms with Crippen LogP contribution in [0.25, 0.3) is 0 Å². The number of aliphatic hydroxyl groups excluding tert-OH is 6. The second-order valence-electron chi connectivity index (χ2n) is 6.13. The first-order valence-corrected chi connectivity index (χ1v) is 10.8. The molecule has 0 rings (SSSR count). The van der Waals surface area contributed by atoms with Crippen molar-refractivity contribution in [3.05, 3.63) is 0 Å². The first kappa shape index (κ1) is 31.8. The first-order valence-electron chi connectivity index (χ1n) is 7.80. The number of phosphoric acid groups is 2. The molecule has 0 amide bonds. The van der Waals surface area contributed by atoms with E-state index in [9.17, 15) is 39.8 Å². The second kappa shape index (κ2) is 14.7. The van der Waals surface area contributed by atoms with Gasteiger partial charge in [0.15, 0.2) is 0 Å². The summed E-state index contributed by atoms with van der Waals surface area (Å²) in [6, 6.07) is 0. The topological polar surface area (TPSA) is 224 Å². The summed E-state index contributed by atoms with van der Waals surface area (Å²) in [6.45, 7) is -4.96. The summed E-state index contributed by atoms with van der Waals surface area (Å²) in [7, 11) is -10.1. The van der Waals surface area contributed by atoms with Crippen LogP contribution in [0.15, 0.2) is 0 Å². The van der Waals surface area contributed by atoms with Gasteiger partial charge in [0.25, 0.3) is 0 Å². The van der Waals surface area contributed by atoms with Crippen LogP contribution in [0, 0.1) is 10.8 Å². The van der Waals surface area contributed by atoms with Gasteiger partial charge in [-0.15, -0.1) is 0 Å². The van der Waals surface area contributed by atoms with Crippen LogP contribution in [0.4, 0.5) is 0 Å². The van der Waals surface area contributed by atoms with Crippen molar-refractivity contribution in [2.75, 3.05) is 52.9 Å². The Morgan fingerprint density at radius 3 is 1.14 bits per heavy atom. The van der Waals surface area contributed by atoms with Crippen LogP contribution >= 0.6 is 15.6 Å². The van der Waals surface area contributed by atoms with Crippen molar-refractivity contribution in [3.8, 4) is 0 Å². The summed E-state index contributed by atoms with van der Waals surface area (Å²) >= 11 is 0. The average Bonchev–Trinajstić information content (AvgIpc) is 2.62. The molecule has 0 saturated heterocycles. The van der Waals surface area contributed by atoms with Crippen LogP contribution in [0.2, 0.25) is 0 Å². The van der Waals surface area contributed by atoms with Gasteiger partial charge >= 0.3 is 67.0 Å². The van der Waals surface area contributed by atoms with Crippen LogP contribution in [0.5, 0.6) is 0 Å². The molecule has 0 unspecified atom stereocenters. The molecule has 0 atom stereocenters. The number of aliphatic hydroxyl groups is 6. The minimum atomic E-state index is -5.30. The normalized spacial score (nSPS) is 13.4. The quantitative estimate of drug-likeness (QED) is 0.0829. The molecule has 13 nitrogen and oxygen atoms in total. The molecule has 0 aliphatic rings. The van der Waals surface area contributed by atoms with Gasteiger partial charge in [-0.25, -0.2) is 9.13 Å². The molecule has 0 saturated carbocycles. The van der Waals surface area contributed by atoms with E-state index < -0.39 is 79.3 Å². The fraction of sp³-hybridized carbons (Fsp3) is 1.00. The van der Waals surface area contributed by atoms with Crippen molar-refractivity contribution < 1.29 is 62.9 Å². The Hall–Kier alpha value is 1.66. The van der Waals surface area contributed by atoms with E-state index in [1.54, 1.807) is 0 Å². The van der Waals surface area contributed by atoms with Crippen molar-refractivity contribution in [2.45, 2.75) is 12.8 Å². The number of rotatable bonds is 16. The SMILES string of the molecule is O=P(O)(O)OP(=O)(OCCC(CO)(CO)CO)OCCC(CO)(CO)CO.[KH]. The van der Waals surface area contributed by atoms with Gasteiger partial charge in [0, 0.05) is 10.8 Å². The fourth-order valence-corrected chi connectivity index (χ4v) is 3.86. The van der Waals surface area contributed by atoms with Crippen molar-refractivity contribution in [3.63, 3.8) is 0 Å². The zero-order chi connectivity index (χ0) is 21.2. The van der Waals surface area contributed by atoms with Crippen LogP contribution < -0.4 is 0 Å². The van der Waals surface area contributed by atoms with E-state index in [0.29, 0.717) is 0 Å². The van der Waals surface area contributed by atoms with Crippen molar-refractivity contribution in [1.29, 1.82) is 0 Å². The summed E-state index contributed by atoms with van der Waals surface area (Å²) in [5, 5.41) is 55.2. The third-order valence-electron chi connectivity index (χ3n) is 3.98. The molecule has 0 aromatic carbocycles. The molecule has 0 heterocycles. The van der Waals surface area contributed by atoms with E-state index in [4.69, 9.17) is 18.8 Å². The van der Waals surface area contributed by atoms with E-state index in [2.05, 4.69) is 4.31 Å². The first-order chi connectivity index (χ1) is 12.5. The predicted octanol–water partition coefficient (Wildman–Crippen LogP) is -2.70. The summed E-state index contributed by atoms with van der Waals surface area (Å²) in [6.07, 6.45) is -0.496. The van der Waals surface area contributed by atoms with Gasteiger partial charge in [-0.05, 0) is 12.8 Å². The Bertz CT molecular complexity index is 459. The Balaban J connectivity index is 0. The van der Waals surface area contributed by atoms with Gasteiger partial charge in [0.1, 0.15) is 0 Å². The molecular formula is C12H29KO13P2. The molecule has 28 heavy (non-hydrogen) atoms. The molecule has 0 aromatic heterocycles. The maximum atomic E-state index is 12.4. The molecule has 0 aromatic rings. The van der Waals surface area contributed by atoms with E-state index >= 15 is 0 Å². The summed E-state index contributed by atoms with van der Waals surface area (Å²) in [4.78, 5) is 17.7. The fourth-order valence-electron chi connectivity index (χ4n) is 1.74. The molecule has 0 radical (unpaired) electrons. The maximum absolute atomic E-state index is 12.4.